The summed E-state index contributed by atoms with van der Waals surface area (Å²) in [6, 6.07) is -1.18. The van der Waals surface area contributed by atoms with Gasteiger partial charge in [0.05, 0.1) is 6.10 Å². The summed E-state index contributed by atoms with van der Waals surface area (Å²) in [7, 11) is 0. The Hall–Kier alpha value is -0.700. The van der Waals surface area contributed by atoms with Gasteiger partial charge in [-0.15, -0.1) is 6.58 Å². The number of aliphatic hydroxyl groups is 1. The van der Waals surface area contributed by atoms with Gasteiger partial charge >= 0.3 is 6.04 Å². The van der Waals surface area contributed by atoms with Crippen molar-refractivity contribution in [2.45, 2.75) is 97.0 Å². The van der Waals surface area contributed by atoms with Gasteiger partial charge in [0.15, 0.2) is 0 Å². The summed E-state index contributed by atoms with van der Waals surface area (Å²) in [5, 5.41) is 11.2. The lowest BCUT2D eigenvalue weighted by Crippen LogP contribution is -2.61. The lowest BCUT2D eigenvalue weighted by atomic mass is 9.38. The van der Waals surface area contributed by atoms with E-state index < -0.39 is 6.04 Å². The van der Waals surface area contributed by atoms with Crippen molar-refractivity contribution in [1.29, 1.82) is 0 Å². The average molecular weight is 391 g/mol. The van der Waals surface area contributed by atoms with Gasteiger partial charge in [-0.3, -0.25) is 4.79 Å². The second-order valence-corrected chi connectivity index (χ2v) is 11.1. The van der Waals surface area contributed by atoms with Crippen LogP contribution in [0.3, 0.4) is 0 Å². The number of halogens is 1. The van der Waals surface area contributed by atoms with E-state index in [0.29, 0.717) is 30.1 Å². The van der Waals surface area contributed by atoms with E-state index in [-0.39, 0.29) is 28.8 Å². The minimum absolute atomic E-state index is 0.0622. The third-order valence-corrected chi connectivity index (χ3v) is 10.2. The Kier molecular flexibility index (Phi) is 5.30. The molecule has 0 aliphatic heterocycles. The fourth-order valence-corrected chi connectivity index (χ4v) is 9.20. The second-order valence-electron chi connectivity index (χ2n) is 11.1. The summed E-state index contributed by atoms with van der Waals surface area (Å²) in [6.07, 6.45) is 14.5. The van der Waals surface area contributed by atoms with Crippen LogP contribution in [-0.4, -0.2) is 17.2 Å². The van der Waals surface area contributed by atoms with Crippen molar-refractivity contribution in [3.63, 3.8) is 0 Å². The summed E-state index contributed by atoms with van der Waals surface area (Å²) in [6.45, 7) is 9.26. The number of hydrogen-bond donors (Lipinski definition) is 1. The van der Waals surface area contributed by atoms with E-state index in [2.05, 4.69) is 26.5 Å². The summed E-state index contributed by atoms with van der Waals surface area (Å²) < 4.78 is 12.7. The predicted octanol–water partition coefficient (Wildman–Crippen LogP) is 6.23. The molecule has 0 saturated heterocycles. The Balaban J connectivity index is 1.62. The van der Waals surface area contributed by atoms with E-state index in [1.54, 1.807) is 0 Å². The zero-order chi connectivity index (χ0) is 20.2. The summed E-state index contributed by atoms with van der Waals surface area (Å²) >= 11 is 0. The van der Waals surface area contributed by atoms with Crippen LogP contribution in [-0.2, 0) is 4.79 Å². The van der Waals surface area contributed by atoms with Gasteiger partial charge in [0.1, 0.15) is 0 Å². The lowest BCUT2D eigenvalue weighted by molar-refractivity contribution is -0.197. The Morgan fingerprint density at radius 1 is 1.11 bits per heavy atom. The highest BCUT2D eigenvalue weighted by Gasteiger charge is 2.66. The molecule has 0 aromatic heterocycles. The van der Waals surface area contributed by atoms with Crippen LogP contribution in [0, 0.1) is 39.9 Å². The molecule has 1 N–H and O–H groups in total. The topological polar surface area (TPSA) is 37.3 Å². The smallest absolute Gasteiger partial charge is 0.301 e. The molecule has 0 heterocycles. The minimum atomic E-state index is -1.18. The lowest BCUT2D eigenvalue weighted by Gasteiger charge is -2.66. The van der Waals surface area contributed by atoms with E-state index in [4.69, 9.17) is 0 Å². The minimum Gasteiger partial charge on any atom is -0.393 e. The Bertz CT molecular complexity index is 632. The monoisotopic (exact) mass is 390 g/mol. The van der Waals surface area contributed by atoms with Gasteiger partial charge in [0.25, 0.3) is 0 Å². The maximum atomic E-state index is 12.7. The molecular formula is C25H39FO2. The molecule has 0 amide bonds. The fourth-order valence-electron chi connectivity index (χ4n) is 9.20. The molecule has 0 aromatic carbocycles. The van der Waals surface area contributed by atoms with Crippen LogP contribution in [0.5, 0.6) is 0 Å². The first-order chi connectivity index (χ1) is 13.3. The molecule has 8 unspecified atom stereocenters. The van der Waals surface area contributed by atoms with Crippen LogP contribution >= 0.6 is 0 Å². The van der Waals surface area contributed by atoms with Crippen molar-refractivity contribution in [1.82, 2.24) is 0 Å². The molecule has 4 fully saturated rings. The Morgan fingerprint density at radius 2 is 1.89 bits per heavy atom. The third-order valence-electron chi connectivity index (χ3n) is 10.2. The van der Waals surface area contributed by atoms with Gasteiger partial charge in [-0.2, -0.15) is 4.39 Å². The number of fused-ring (bicyclic) bond motifs is 5. The van der Waals surface area contributed by atoms with Crippen molar-refractivity contribution in [2.75, 3.05) is 0 Å². The largest absolute Gasteiger partial charge is 0.393 e. The summed E-state index contributed by atoms with van der Waals surface area (Å²) in [5.74, 6) is 2.25. The standard InChI is InChI=1S/C25H39FO2/c1-4-25-15-13-20-23(2)14-6-5-9-18(23)19(27)16-24(20,3)21(25)12-11-17(25)8-7-10-22(26)28/h4,17-21,27H,1,5-16H2,2-3H3. The van der Waals surface area contributed by atoms with Crippen LogP contribution < -0.4 is 0 Å². The SMILES string of the molecule is C=CC12CCC3C4(C)CCCCC4C(O)CC3(C)C1CCC2CCCC(=O)F. The van der Waals surface area contributed by atoms with Gasteiger partial charge in [-0.05, 0) is 97.7 Å². The molecule has 4 rings (SSSR count). The number of allylic oxidation sites excluding steroid dienone is 1. The van der Waals surface area contributed by atoms with Crippen molar-refractivity contribution in [2.24, 2.45) is 39.9 Å². The number of carbonyl (C=O) groups is 1. The number of carbonyl (C=O) groups excluding carboxylic acids is 1. The van der Waals surface area contributed by atoms with Crippen molar-refractivity contribution in [3.05, 3.63) is 12.7 Å². The summed E-state index contributed by atoms with van der Waals surface area (Å²) in [4.78, 5) is 10.8. The van der Waals surface area contributed by atoms with Crippen LogP contribution in [0.4, 0.5) is 4.39 Å². The molecule has 4 saturated carbocycles. The second kappa shape index (κ2) is 7.22. The van der Waals surface area contributed by atoms with Gasteiger partial charge < -0.3 is 5.11 Å². The molecular weight excluding hydrogens is 351 g/mol. The first-order valence-electron chi connectivity index (χ1n) is 11.8. The van der Waals surface area contributed by atoms with Gasteiger partial charge in [-0.25, -0.2) is 0 Å². The molecule has 4 aliphatic rings. The molecule has 158 valence electrons. The van der Waals surface area contributed by atoms with E-state index in [1.165, 1.54) is 44.9 Å². The maximum absolute atomic E-state index is 12.7. The molecule has 28 heavy (non-hydrogen) atoms. The quantitative estimate of drug-likeness (QED) is 0.446. The highest BCUT2D eigenvalue weighted by atomic mass is 19.1. The van der Waals surface area contributed by atoms with Gasteiger partial charge in [-0.1, -0.05) is 32.8 Å². The molecule has 0 radical (unpaired) electrons. The van der Waals surface area contributed by atoms with Crippen molar-refractivity contribution < 1.29 is 14.3 Å². The van der Waals surface area contributed by atoms with E-state index >= 15 is 0 Å². The summed E-state index contributed by atoms with van der Waals surface area (Å²) in [5.41, 5.74) is 0.554. The molecule has 2 nitrogen and oxygen atoms in total. The van der Waals surface area contributed by atoms with Crippen molar-refractivity contribution >= 4 is 6.04 Å². The normalized spacial score (nSPS) is 50.4. The number of rotatable bonds is 5. The highest BCUT2D eigenvalue weighted by molar-refractivity contribution is 5.67. The van der Waals surface area contributed by atoms with Crippen LogP contribution in [0.25, 0.3) is 0 Å². The molecule has 4 aliphatic carbocycles. The first-order valence-corrected chi connectivity index (χ1v) is 11.8. The Morgan fingerprint density at radius 3 is 2.61 bits per heavy atom. The van der Waals surface area contributed by atoms with E-state index in [1.807, 2.05) is 0 Å². The maximum Gasteiger partial charge on any atom is 0.301 e. The third kappa shape index (κ3) is 2.86. The predicted molar refractivity (Wildman–Crippen MR) is 110 cm³/mol. The number of aliphatic hydroxyl groups excluding tert-OH is 1. The first kappa shape index (κ1) is 20.6. The van der Waals surface area contributed by atoms with Crippen LogP contribution in [0.15, 0.2) is 12.7 Å². The zero-order valence-corrected chi connectivity index (χ0v) is 17.9. The number of hydrogen-bond acceptors (Lipinski definition) is 2. The zero-order valence-electron chi connectivity index (χ0n) is 17.9. The van der Waals surface area contributed by atoms with E-state index in [0.717, 1.165) is 19.3 Å². The Labute approximate surface area is 170 Å². The fraction of sp³-hybridized carbons (Fsp3) is 0.880. The molecule has 8 atom stereocenters. The van der Waals surface area contributed by atoms with Gasteiger partial charge in [0, 0.05) is 6.42 Å². The highest BCUT2D eigenvalue weighted by Crippen LogP contribution is 2.73. The van der Waals surface area contributed by atoms with Crippen LogP contribution in [0.1, 0.15) is 90.9 Å². The van der Waals surface area contributed by atoms with Gasteiger partial charge in [0.2, 0.25) is 0 Å². The van der Waals surface area contributed by atoms with Crippen molar-refractivity contribution in [3.8, 4) is 0 Å². The molecule has 0 spiro atoms. The van der Waals surface area contributed by atoms with Crippen LogP contribution in [0.2, 0.25) is 0 Å². The molecule has 0 aromatic rings. The van der Waals surface area contributed by atoms with E-state index in [9.17, 15) is 14.3 Å². The molecule has 3 heteroatoms. The average Bonchev–Trinajstić information content (AvgIpc) is 3.01. The molecule has 0 bridgehead atoms.